The molecule has 1 amide bonds. The Hall–Kier alpha value is -3.73. The largest absolute Gasteiger partial charge is 0.450 e. The molecule has 0 fully saturated rings. The first kappa shape index (κ1) is 16.4. The van der Waals surface area contributed by atoms with Gasteiger partial charge in [-0.3, -0.25) is 14.5 Å². The van der Waals surface area contributed by atoms with Gasteiger partial charge in [0.25, 0.3) is 5.91 Å². The molecule has 1 atom stereocenters. The van der Waals surface area contributed by atoms with E-state index in [1.165, 1.54) is 0 Å². The number of hydrogen-bond donors (Lipinski definition) is 0. The number of aryl methyl sites for hydroxylation is 1. The van der Waals surface area contributed by atoms with Crippen molar-refractivity contribution in [2.45, 2.75) is 13.0 Å². The van der Waals surface area contributed by atoms with E-state index in [9.17, 15) is 9.59 Å². The van der Waals surface area contributed by atoms with Gasteiger partial charge in [-0.2, -0.15) is 0 Å². The molecule has 28 heavy (non-hydrogen) atoms. The van der Waals surface area contributed by atoms with E-state index in [1.54, 1.807) is 35.4 Å². The summed E-state index contributed by atoms with van der Waals surface area (Å²) in [6.07, 6.45) is 1.66. The van der Waals surface area contributed by atoms with E-state index >= 15 is 0 Å². The van der Waals surface area contributed by atoms with Crippen LogP contribution in [-0.4, -0.2) is 10.9 Å². The fourth-order valence-corrected chi connectivity index (χ4v) is 3.76. The molecule has 136 valence electrons. The van der Waals surface area contributed by atoms with Crippen molar-refractivity contribution in [3.05, 3.63) is 106 Å². The smallest absolute Gasteiger partial charge is 0.296 e. The summed E-state index contributed by atoms with van der Waals surface area (Å²) in [5, 5.41) is 0.467. The molecule has 0 radical (unpaired) electrons. The highest BCUT2D eigenvalue weighted by atomic mass is 16.3. The number of carbonyl (C=O) groups is 1. The maximum atomic E-state index is 13.3. The number of hydrogen-bond acceptors (Lipinski definition) is 4. The third-order valence-corrected chi connectivity index (χ3v) is 5.04. The summed E-state index contributed by atoms with van der Waals surface area (Å²) in [6.45, 7) is 1.94. The lowest BCUT2D eigenvalue weighted by Gasteiger charge is -2.24. The number of amides is 1. The number of carbonyl (C=O) groups excluding carboxylic acids is 1. The topological polar surface area (TPSA) is 63.4 Å². The van der Waals surface area contributed by atoms with E-state index in [0.29, 0.717) is 22.4 Å². The van der Waals surface area contributed by atoms with Crippen LogP contribution in [0.2, 0.25) is 0 Å². The number of para-hydroxylation sites is 1. The van der Waals surface area contributed by atoms with Crippen LogP contribution < -0.4 is 10.3 Å². The first-order chi connectivity index (χ1) is 13.6. The van der Waals surface area contributed by atoms with Crippen LogP contribution >= 0.6 is 0 Å². The number of rotatable bonds is 2. The van der Waals surface area contributed by atoms with E-state index in [2.05, 4.69) is 4.98 Å². The molecule has 2 aromatic carbocycles. The molecule has 5 nitrogen and oxygen atoms in total. The number of fused-ring (bicyclic) bond motifs is 2. The highest BCUT2D eigenvalue weighted by Gasteiger charge is 2.44. The highest BCUT2D eigenvalue weighted by molar-refractivity contribution is 6.10. The third-order valence-electron chi connectivity index (χ3n) is 5.04. The van der Waals surface area contributed by atoms with E-state index in [1.807, 2.05) is 49.4 Å². The summed E-state index contributed by atoms with van der Waals surface area (Å²) >= 11 is 0. The van der Waals surface area contributed by atoms with Gasteiger partial charge in [0.05, 0.1) is 17.0 Å². The van der Waals surface area contributed by atoms with E-state index < -0.39 is 6.04 Å². The Bertz CT molecular complexity index is 1280. The van der Waals surface area contributed by atoms with E-state index in [0.717, 1.165) is 11.1 Å². The van der Waals surface area contributed by atoms with Crippen LogP contribution in [-0.2, 0) is 0 Å². The average molecular weight is 368 g/mol. The van der Waals surface area contributed by atoms with Gasteiger partial charge < -0.3 is 4.42 Å². The van der Waals surface area contributed by atoms with Crippen molar-refractivity contribution in [2.24, 2.45) is 0 Å². The first-order valence-electron chi connectivity index (χ1n) is 9.02. The van der Waals surface area contributed by atoms with Gasteiger partial charge in [0, 0.05) is 6.20 Å². The summed E-state index contributed by atoms with van der Waals surface area (Å²) in [5.74, 6) is 0.222. The zero-order valence-corrected chi connectivity index (χ0v) is 15.1. The van der Waals surface area contributed by atoms with Gasteiger partial charge in [-0.05, 0) is 42.3 Å². The summed E-state index contributed by atoms with van der Waals surface area (Å²) in [6, 6.07) is 19.6. The molecule has 0 unspecified atom stereocenters. The predicted molar refractivity (Wildman–Crippen MR) is 107 cm³/mol. The van der Waals surface area contributed by atoms with Crippen LogP contribution in [0.25, 0.3) is 11.0 Å². The Morgan fingerprint density at radius 1 is 0.964 bits per heavy atom. The molecule has 5 heteroatoms. The molecular weight excluding hydrogens is 352 g/mol. The van der Waals surface area contributed by atoms with Crippen molar-refractivity contribution in [1.82, 2.24) is 4.98 Å². The lowest BCUT2D eigenvalue weighted by Crippen LogP contribution is -2.30. The lowest BCUT2D eigenvalue weighted by atomic mass is 9.98. The zero-order chi connectivity index (χ0) is 19.3. The minimum absolute atomic E-state index is 0.0841. The van der Waals surface area contributed by atoms with Gasteiger partial charge >= 0.3 is 0 Å². The maximum absolute atomic E-state index is 13.3. The Balaban J connectivity index is 1.83. The molecule has 3 heterocycles. The van der Waals surface area contributed by atoms with Crippen molar-refractivity contribution in [3.63, 3.8) is 0 Å². The van der Waals surface area contributed by atoms with Crippen molar-refractivity contribution in [1.29, 1.82) is 0 Å². The third kappa shape index (κ3) is 2.36. The fourth-order valence-electron chi connectivity index (χ4n) is 3.76. The number of nitrogens with zero attached hydrogens (tertiary/aromatic N) is 2. The molecule has 0 N–H and O–H groups in total. The molecule has 5 rings (SSSR count). The van der Waals surface area contributed by atoms with Crippen LogP contribution in [0.5, 0.6) is 0 Å². The Kier molecular flexibility index (Phi) is 3.62. The second-order valence-electron chi connectivity index (χ2n) is 6.85. The van der Waals surface area contributed by atoms with Gasteiger partial charge in [0.15, 0.2) is 5.43 Å². The summed E-state index contributed by atoms with van der Waals surface area (Å²) < 4.78 is 5.91. The van der Waals surface area contributed by atoms with Crippen molar-refractivity contribution in [3.8, 4) is 0 Å². The van der Waals surface area contributed by atoms with E-state index in [-0.39, 0.29) is 17.1 Å². The van der Waals surface area contributed by atoms with E-state index in [4.69, 9.17) is 4.42 Å². The summed E-state index contributed by atoms with van der Waals surface area (Å²) in [4.78, 5) is 32.6. The molecular formula is C23H16N2O3. The predicted octanol–water partition coefficient (Wildman–Crippen LogP) is 4.25. The zero-order valence-electron chi connectivity index (χ0n) is 15.1. The molecule has 0 saturated heterocycles. The standard InChI is InChI=1S/C23H16N2O3/c1-14-11-12-24-18(13-14)25-20(15-7-3-2-4-8-15)19-21(26)16-9-5-6-10-17(16)28-22(19)23(25)27/h2-13,20H,1H3/t20-/m1/s1. The average Bonchev–Trinajstić information content (AvgIpc) is 3.02. The molecule has 0 bridgehead atoms. The normalized spacial score (nSPS) is 15.8. The molecule has 0 spiro atoms. The van der Waals surface area contributed by atoms with Crippen LogP contribution in [0.3, 0.4) is 0 Å². The summed E-state index contributed by atoms with van der Waals surface area (Å²) in [5.41, 5.74) is 2.39. The van der Waals surface area contributed by atoms with Crippen molar-refractivity contribution < 1.29 is 9.21 Å². The van der Waals surface area contributed by atoms with Crippen LogP contribution in [0.1, 0.15) is 33.3 Å². The molecule has 4 aromatic rings. The number of anilines is 1. The van der Waals surface area contributed by atoms with Crippen LogP contribution in [0.15, 0.2) is 82.1 Å². The first-order valence-corrected chi connectivity index (χ1v) is 9.02. The molecule has 1 aliphatic heterocycles. The number of aromatic nitrogens is 1. The minimum atomic E-state index is -0.584. The minimum Gasteiger partial charge on any atom is -0.450 e. The van der Waals surface area contributed by atoms with Gasteiger partial charge in [0.1, 0.15) is 11.4 Å². The number of benzene rings is 2. The Morgan fingerprint density at radius 2 is 1.71 bits per heavy atom. The van der Waals surface area contributed by atoms with Gasteiger partial charge in [-0.1, -0.05) is 42.5 Å². The van der Waals surface area contributed by atoms with Crippen LogP contribution in [0.4, 0.5) is 5.82 Å². The number of pyridine rings is 1. The second kappa shape index (κ2) is 6.16. The Labute approximate surface area is 160 Å². The monoisotopic (exact) mass is 368 g/mol. The molecule has 0 aliphatic carbocycles. The Morgan fingerprint density at radius 3 is 2.50 bits per heavy atom. The highest BCUT2D eigenvalue weighted by Crippen LogP contribution is 2.40. The SMILES string of the molecule is Cc1ccnc(N2C(=O)c3oc4ccccc4c(=O)c3[C@H]2c2ccccc2)c1. The van der Waals surface area contributed by atoms with Crippen molar-refractivity contribution in [2.75, 3.05) is 4.90 Å². The van der Waals surface area contributed by atoms with Crippen LogP contribution in [0, 0.1) is 6.92 Å². The quantitative estimate of drug-likeness (QED) is 0.531. The van der Waals surface area contributed by atoms with Gasteiger partial charge in [-0.15, -0.1) is 0 Å². The molecule has 0 saturated carbocycles. The fraction of sp³-hybridized carbons (Fsp3) is 0.0870. The second-order valence-corrected chi connectivity index (χ2v) is 6.85. The molecule has 1 aliphatic rings. The van der Waals surface area contributed by atoms with Crippen molar-refractivity contribution >= 4 is 22.7 Å². The van der Waals surface area contributed by atoms with Gasteiger partial charge in [0.2, 0.25) is 5.76 Å². The maximum Gasteiger partial charge on any atom is 0.296 e. The summed E-state index contributed by atoms with van der Waals surface area (Å²) in [7, 11) is 0. The molecule has 2 aromatic heterocycles. The van der Waals surface area contributed by atoms with Gasteiger partial charge in [-0.25, -0.2) is 4.98 Å². The lowest BCUT2D eigenvalue weighted by molar-refractivity contribution is 0.0970.